The summed E-state index contributed by atoms with van der Waals surface area (Å²) in [6.07, 6.45) is 5.18. The Morgan fingerprint density at radius 3 is 3.07 bits per heavy atom. The Balaban J connectivity index is 1.98. The molecule has 5 nitrogen and oxygen atoms in total. The third-order valence-corrected chi connectivity index (χ3v) is 1.83. The summed E-state index contributed by atoms with van der Waals surface area (Å²) in [5.74, 6) is 0.832. The predicted molar refractivity (Wildman–Crippen MR) is 52.7 cm³/mol. The molecule has 0 atom stereocenters. The van der Waals surface area contributed by atoms with Crippen molar-refractivity contribution < 1.29 is 0 Å². The van der Waals surface area contributed by atoms with Crippen LogP contribution in [0, 0.1) is 6.92 Å². The van der Waals surface area contributed by atoms with Crippen LogP contribution in [0.4, 0.5) is 5.82 Å². The first-order valence-electron chi connectivity index (χ1n) is 4.35. The number of aromatic nitrogens is 4. The van der Waals surface area contributed by atoms with Gasteiger partial charge in [0.15, 0.2) is 0 Å². The summed E-state index contributed by atoms with van der Waals surface area (Å²) >= 11 is 0. The molecule has 0 unspecified atom stereocenters. The zero-order valence-corrected chi connectivity index (χ0v) is 7.86. The Labute approximate surface area is 81.6 Å². The van der Waals surface area contributed by atoms with Gasteiger partial charge in [0.25, 0.3) is 0 Å². The van der Waals surface area contributed by atoms with Gasteiger partial charge in [0.05, 0.1) is 6.20 Å². The van der Waals surface area contributed by atoms with Crippen molar-refractivity contribution in [3.8, 4) is 0 Å². The molecule has 0 saturated carbocycles. The lowest BCUT2D eigenvalue weighted by molar-refractivity contribution is 1.05. The molecule has 0 aliphatic rings. The molecule has 0 aliphatic heterocycles. The van der Waals surface area contributed by atoms with Crippen LogP contribution in [0.3, 0.4) is 0 Å². The maximum atomic E-state index is 4.09. The monoisotopic (exact) mass is 189 g/mol. The molecule has 2 N–H and O–H groups in total. The van der Waals surface area contributed by atoms with Crippen LogP contribution in [0.5, 0.6) is 0 Å². The maximum Gasteiger partial charge on any atom is 0.129 e. The molecule has 2 heterocycles. The van der Waals surface area contributed by atoms with Crippen molar-refractivity contribution in [3.63, 3.8) is 0 Å². The van der Waals surface area contributed by atoms with Gasteiger partial charge in [-0.05, 0) is 6.92 Å². The Morgan fingerprint density at radius 1 is 1.43 bits per heavy atom. The van der Waals surface area contributed by atoms with Gasteiger partial charge in [0, 0.05) is 30.1 Å². The van der Waals surface area contributed by atoms with Gasteiger partial charge in [-0.1, -0.05) is 0 Å². The second kappa shape index (κ2) is 3.87. The molecule has 2 aromatic rings. The summed E-state index contributed by atoms with van der Waals surface area (Å²) < 4.78 is 0. The third kappa shape index (κ3) is 2.07. The molecule has 5 heteroatoms. The summed E-state index contributed by atoms with van der Waals surface area (Å²) in [6.45, 7) is 2.65. The van der Waals surface area contributed by atoms with Crippen molar-refractivity contribution in [2.75, 3.05) is 5.32 Å². The molecular formula is C9H11N5. The molecule has 0 aromatic carbocycles. The zero-order valence-electron chi connectivity index (χ0n) is 7.86. The number of hydrogen-bond acceptors (Lipinski definition) is 4. The van der Waals surface area contributed by atoms with Crippen molar-refractivity contribution in [2.24, 2.45) is 0 Å². The number of hydrogen-bond donors (Lipinski definition) is 2. The molecule has 0 fully saturated rings. The van der Waals surface area contributed by atoms with Crippen molar-refractivity contribution in [3.05, 3.63) is 36.0 Å². The molecule has 2 rings (SSSR count). The lowest BCUT2D eigenvalue weighted by atomic mass is 10.3. The second-order valence-corrected chi connectivity index (χ2v) is 3.00. The first-order valence-corrected chi connectivity index (χ1v) is 4.35. The highest BCUT2D eigenvalue weighted by atomic mass is 15.1. The van der Waals surface area contributed by atoms with E-state index in [9.17, 15) is 0 Å². The Hall–Kier alpha value is -1.91. The number of nitrogens with one attached hydrogen (secondary N) is 2. The number of aryl methyl sites for hydroxylation is 1. The minimum atomic E-state index is 0.715. The molecule has 0 bridgehead atoms. The molecule has 14 heavy (non-hydrogen) atoms. The summed E-state index contributed by atoms with van der Waals surface area (Å²) in [4.78, 5) is 8.10. The van der Waals surface area contributed by atoms with Crippen molar-refractivity contribution in [1.29, 1.82) is 0 Å². The topological polar surface area (TPSA) is 66.5 Å². The van der Waals surface area contributed by atoms with Gasteiger partial charge in [-0.3, -0.25) is 5.10 Å². The first-order chi connectivity index (χ1) is 6.84. The van der Waals surface area contributed by atoms with Gasteiger partial charge in [-0.25, -0.2) is 9.97 Å². The fourth-order valence-electron chi connectivity index (χ4n) is 1.12. The van der Waals surface area contributed by atoms with Gasteiger partial charge in [0.1, 0.15) is 12.1 Å². The normalized spacial score (nSPS) is 10.1. The highest BCUT2D eigenvalue weighted by molar-refractivity contribution is 5.35. The van der Waals surface area contributed by atoms with Gasteiger partial charge in [-0.15, -0.1) is 0 Å². The van der Waals surface area contributed by atoms with E-state index in [4.69, 9.17) is 0 Å². The smallest absolute Gasteiger partial charge is 0.129 e. The van der Waals surface area contributed by atoms with E-state index >= 15 is 0 Å². The van der Waals surface area contributed by atoms with Gasteiger partial charge in [0.2, 0.25) is 0 Å². The molecule has 0 saturated heterocycles. The van der Waals surface area contributed by atoms with E-state index in [1.807, 2.05) is 19.2 Å². The minimum Gasteiger partial charge on any atom is -0.366 e. The van der Waals surface area contributed by atoms with E-state index in [0.29, 0.717) is 6.54 Å². The highest BCUT2D eigenvalue weighted by Crippen LogP contribution is 2.04. The fourth-order valence-corrected chi connectivity index (χ4v) is 1.12. The van der Waals surface area contributed by atoms with Crippen LogP contribution in [0.1, 0.15) is 11.3 Å². The Bertz CT molecular complexity index is 395. The average Bonchev–Trinajstić information content (AvgIpc) is 2.67. The summed E-state index contributed by atoms with van der Waals surface area (Å²) in [5, 5.41) is 9.79. The van der Waals surface area contributed by atoms with Gasteiger partial charge < -0.3 is 5.32 Å². The van der Waals surface area contributed by atoms with Crippen LogP contribution in [-0.2, 0) is 6.54 Å². The van der Waals surface area contributed by atoms with Crippen LogP contribution in [0.15, 0.2) is 24.8 Å². The molecule has 0 aliphatic carbocycles. The van der Waals surface area contributed by atoms with E-state index in [2.05, 4.69) is 25.5 Å². The summed E-state index contributed by atoms with van der Waals surface area (Å²) in [5.41, 5.74) is 2.05. The molecule has 0 radical (unpaired) electrons. The molecule has 2 aromatic heterocycles. The molecule has 72 valence electrons. The van der Waals surface area contributed by atoms with E-state index in [1.165, 1.54) is 0 Å². The average molecular weight is 189 g/mol. The van der Waals surface area contributed by atoms with Gasteiger partial charge >= 0.3 is 0 Å². The lowest BCUT2D eigenvalue weighted by Gasteiger charge is -2.02. The largest absolute Gasteiger partial charge is 0.366 e. The Morgan fingerprint density at radius 2 is 2.36 bits per heavy atom. The molecule has 0 amide bonds. The Kier molecular flexibility index (Phi) is 2.40. The first kappa shape index (κ1) is 8.68. The van der Waals surface area contributed by atoms with Crippen LogP contribution in [0.2, 0.25) is 0 Å². The third-order valence-electron chi connectivity index (χ3n) is 1.83. The van der Waals surface area contributed by atoms with Crippen LogP contribution < -0.4 is 5.32 Å². The van der Waals surface area contributed by atoms with Crippen molar-refractivity contribution in [2.45, 2.75) is 13.5 Å². The molecule has 0 spiro atoms. The fraction of sp³-hybridized carbons (Fsp3) is 0.222. The quantitative estimate of drug-likeness (QED) is 0.759. The highest BCUT2D eigenvalue weighted by Gasteiger charge is 1.96. The maximum absolute atomic E-state index is 4.09. The van der Waals surface area contributed by atoms with Gasteiger partial charge in [-0.2, -0.15) is 5.10 Å². The van der Waals surface area contributed by atoms with Crippen molar-refractivity contribution >= 4 is 5.82 Å². The number of nitrogens with zero attached hydrogens (tertiary/aromatic N) is 3. The number of rotatable bonds is 3. The lowest BCUT2D eigenvalue weighted by Crippen LogP contribution is -2.01. The summed E-state index contributed by atoms with van der Waals surface area (Å²) in [6, 6.07) is 1.90. The van der Waals surface area contributed by atoms with E-state index in [1.54, 1.807) is 12.5 Å². The number of anilines is 1. The SMILES string of the molecule is Cc1cc(NCc2cn[nH]c2)ncn1. The number of aromatic amines is 1. The standard InChI is InChI=1S/C9H11N5/c1-7-2-9(12-6-11-7)10-3-8-4-13-14-5-8/h2,4-6H,3H2,1H3,(H,13,14)(H,10,11,12). The number of H-pyrrole nitrogens is 1. The van der Waals surface area contributed by atoms with E-state index in [0.717, 1.165) is 17.1 Å². The van der Waals surface area contributed by atoms with E-state index < -0.39 is 0 Å². The van der Waals surface area contributed by atoms with Crippen molar-refractivity contribution in [1.82, 2.24) is 20.2 Å². The van der Waals surface area contributed by atoms with Crippen LogP contribution in [-0.4, -0.2) is 20.2 Å². The summed E-state index contributed by atoms with van der Waals surface area (Å²) in [7, 11) is 0. The van der Waals surface area contributed by atoms with Crippen LogP contribution in [0.25, 0.3) is 0 Å². The zero-order chi connectivity index (χ0) is 9.80. The van der Waals surface area contributed by atoms with Crippen LogP contribution >= 0.6 is 0 Å². The van der Waals surface area contributed by atoms with E-state index in [-0.39, 0.29) is 0 Å². The predicted octanol–water partition coefficient (Wildman–Crippen LogP) is 1.12. The minimum absolute atomic E-state index is 0.715. The molecular weight excluding hydrogens is 178 g/mol. The second-order valence-electron chi connectivity index (χ2n) is 3.00.